The van der Waals surface area contributed by atoms with Crippen molar-refractivity contribution in [2.75, 3.05) is 11.9 Å². The van der Waals surface area contributed by atoms with E-state index in [0.717, 1.165) is 5.56 Å². The number of nitriles is 1. The second kappa shape index (κ2) is 8.86. The zero-order valence-corrected chi connectivity index (χ0v) is 15.9. The molecular formula is C18H17ClN2O5S. The van der Waals surface area contributed by atoms with E-state index in [-0.39, 0.29) is 28.5 Å². The van der Waals surface area contributed by atoms with Gasteiger partial charge in [0.1, 0.15) is 6.07 Å². The highest BCUT2D eigenvalue weighted by atomic mass is 35.5. The zero-order valence-electron chi connectivity index (χ0n) is 14.3. The van der Waals surface area contributed by atoms with Gasteiger partial charge in [0.05, 0.1) is 34.6 Å². The van der Waals surface area contributed by atoms with Crippen LogP contribution < -0.4 is 5.32 Å². The molecule has 9 heteroatoms. The van der Waals surface area contributed by atoms with Gasteiger partial charge in [-0.1, -0.05) is 29.3 Å². The fraction of sp³-hybridized carbons (Fsp3) is 0.222. The summed E-state index contributed by atoms with van der Waals surface area (Å²) in [6, 6.07) is 11.7. The summed E-state index contributed by atoms with van der Waals surface area (Å²) in [5, 5.41) is 21.0. The number of hydrogen-bond donors (Lipinski definition) is 2. The third-order valence-corrected chi connectivity index (χ3v) is 5.22. The summed E-state index contributed by atoms with van der Waals surface area (Å²) in [5.41, 5.74) is 1.62. The van der Waals surface area contributed by atoms with Gasteiger partial charge in [0.2, 0.25) is 0 Å². The monoisotopic (exact) mass is 408 g/mol. The van der Waals surface area contributed by atoms with Gasteiger partial charge in [-0.25, -0.2) is 0 Å². The number of benzene rings is 2. The number of halogens is 1. The Balaban J connectivity index is 2.12. The van der Waals surface area contributed by atoms with Crippen LogP contribution in [0, 0.1) is 18.3 Å². The first-order valence-electron chi connectivity index (χ1n) is 7.85. The molecule has 2 N–H and O–H groups in total. The van der Waals surface area contributed by atoms with Crippen LogP contribution in [0.2, 0.25) is 5.02 Å². The predicted molar refractivity (Wildman–Crippen MR) is 100 cm³/mol. The fourth-order valence-electron chi connectivity index (χ4n) is 2.24. The van der Waals surface area contributed by atoms with Crippen LogP contribution in [-0.4, -0.2) is 32.1 Å². The minimum atomic E-state index is -4.02. The van der Waals surface area contributed by atoms with Gasteiger partial charge < -0.3 is 10.4 Å². The number of carboxylic acids is 1. The van der Waals surface area contributed by atoms with Gasteiger partial charge in [0.25, 0.3) is 10.1 Å². The van der Waals surface area contributed by atoms with Gasteiger partial charge in [-0.2, -0.15) is 13.7 Å². The Morgan fingerprint density at radius 1 is 1.30 bits per heavy atom. The molecule has 0 amide bonds. The van der Waals surface area contributed by atoms with E-state index < -0.39 is 22.1 Å². The molecule has 0 aliphatic rings. The number of rotatable bonds is 8. The number of nitrogens with zero attached hydrogens (tertiary/aromatic N) is 1. The molecule has 0 saturated carbocycles. The molecule has 0 heterocycles. The first-order valence-corrected chi connectivity index (χ1v) is 9.64. The van der Waals surface area contributed by atoms with E-state index in [4.69, 9.17) is 26.2 Å². The van der Waals surface area contributed by atoms with Crippen molar-refractivity contribution >= 4 is 33.4 Å². The number of aryl methyl sites for hydroxylation is 1. The molecule has 0 bridgehead atoms. The maximum atomic E-state index is 12.3. The lowest BCUT2D eigenvalue weighted by Crippen LogP contribution is -2.29. The first kappa shape index (κ1) is 20.7. The van der Waals surface area contributed by atoms with Crippen molar-refractivity contribution in [3.05, 3.63) is 58.6 Å². The van der Waals surface area contributed by atoms with E-state index in [0.29, 0.717) is 5.69 Å². The second-order valence-corrected chi connectivity index (χ2v) is 7.82. The summed E-state index contributed by atoms with van der Waals surface area (Å²) in [6.45, 7) is 1.44. The largest absolute Gasteiger partial charge is 0.481 e. The minimum Gasteiger partial charge on any atom is -0.481 e. The Kier molecular flexibility index (Phi) is 6.80. The van der Waals surface area contributed by atoms with Crippen LogP contribution in [0.5, 0.6) is 0 Å². The van der Waals surface area contributed by atoms with Crippen LogP contribution in [0.1, 0.15) is 17.5 Å². The summed E-state index contributed by atoms with van der Waals surface area (Å²) < 4.78 is 29.6. The van der Waals surface area contributed by atoms with Gasteiger partial charge in [-0.3, -0.25) is 8.98 Å². The van der Waals surface area contributed by atoms with Crippen molar-refractivity contribution in [2.24, 2.45) is 0 Å². The Bertz CT molecular complexity index is 968. The smallest absolute Gasteiger partial charge is 0.305 e. The van der Waals surface area contributed by atoms with Crippen molar-refractivity contribution in [2.45, 2.75) is 24.3 Å². The highest BCUT2D eigenvalue weighted by Crippen LogP contribution is 2.22. The lowest BCUT2D eigenvalue weighted by atomic mass is 10.1. The number of carbonyl (C=O) groups is 1. The molecule has 0 aliphatic heterocycles. The van der Waals surface area contributed by atoms with Crippen molar-refractivity contribution < 1.29 is 22.5 Å². The molecular weight excluding hydrogens is 392 g/mol. The quantitative estimate of drug-likeness (QED) is 0.644. The summed E-state index contributed by atoms with van der Waals surface area (Å²) in [6.07, 6.45) is -0.374. The molecule has 0 unspecified atom stereocenters. The molecule has 7 nitrogen and oxygen atoms in total. The molecule has 0 saturated heterocycles. The van der Waals surface area contributed by atoms with Crippen molar-refractivity contribution in [3.8, 4) is 6.07 Å². The predicted octanol–water partition coefficient (Wildman–Crippen LogP) is 3.18. The Morgan fingerprint density at radius 3 is 2.52 bits per heavy atom. The molecule has 2 aromatic rings. The number of nitrogens with one attached hydrogen (secondary N) is 1. The van der Waals surface area contributed by atoms with Gasteiger partial charge in [-0.05, 0) is 37.3 Å². The molecule has 2 rings (SSSR count). The molecule has 0 aliphatic carbocycles. The van der Waals surface area contributed by atoms with E-state index in [2.05, 4.69) is 5.32 Å². The van der Waals surface area contributed by atoms with Crippen LogP contribution >= 0.6 is 11.6 Å². The van der Waals surface area contributed by atoms with Crippen LogP contribution in [0.15, 0.2) is 47.4 Å². The van der Waals surface area contributed by atoms with Crippen LogP contribution in [-0.2, 0) is 19.1 Å². The maximum absolute atomic E-state index is 12.3. The summed E-state index contributed by atoms with van der Waals surface area (Å²) in [7, 11) is -4.02. The Labute approximate surface area is 162 Å². The Hall–Kier alpha value is -2.60. The zero-order chi connectivity index (χ0) is 20.0. The third kappa shape index (κ3) is 5.96. The molecule has 0 spiro atoms. The molecule has 2 aromatic carbocycles. The highest BCUT2D eigenvalue weighted by Gasteiger charge is 2.20. The second-order valence-electron chi connectivity index (χ2n) is 5.80. The van der Waals surface area contributed by atoms with Crippen LogP contribution in [0.3, 0.4) is 0 Å². The summed E-state index contributed by atoms with van der Waals surface area (Å²) in [5.74, 6) is -1.12. The Morgan fingerprint density at radius 2 is 1.96 bits per heavy atom. The van der Waals surface area contributed by atoms with E-state index >= 15 is 0 Å². The van der Waals surface area contributed by atoms with Gasteiger partial charge >= 0.3 is 5.97 Å². The van der Waals surface area contributed by atoms with Gasteiger partial charge in [0.15, 0.2) is 0 Å². The van der Waals surface area contributed by atoms with Crippen molar-refractivity contribution in [3.63, 3.8) is 0 Å². The fourth-order valence-corrected chi connectivity index (χ4v) is 3.41. The standard InChI is InChI=1S/C18H17ClN2O5S/c1-12-2-6-16(7-3-12)27(24,25)26-11-15(9-18(22)23)21-14-5-4-13(10-20)17(19)8-14/h2-8,15,21H,9,11H2,1H3,(H,22,23)/t15-/m0/s1. The number of carboxylic acid groups (broad SMARTS) is 1. The average molecular weight is 409 g/mol. The molecule has 0 fully saturated rings. The molecule has 1 atom stereocenters. The minimum absolute atomic E-state index is 0.0106. The molecule has 0 aromatic heterocycles. The van der Waals surface area contributed by atoms with Crippen molar-refractivity contribution in [1.82, 2.24) is 0 Å². The van der Waals surface area contributed by atoms with E-state index in [1.54, 1.807) is 18.2 Å². The molecule has 27 heavy (non-hydrogen) atoms. The first-order chi connectivity index (χ1) is 12.7. The molecule has 142 valence electrons. The normalized spacial score (nSPS) is 12.2. The number of hydrogen-bond acceptors (Lipinski definition) is 6. The third-order valence-electron chi connectivity index (χ3n) is 3.62. The van der Waals surface area contributed by atoms with E-state index in [9.17, 15) is 13.2 Å². The lowest BCUT2D eigenvalue weighted by molar-refractivity contribution is -0.137. The highest BCUT2D eigenvalue weighted by molar-refractivity contribution is 7.86. The topological polar surface area (TPSA) is 116 Å². The van der Waals surface area contributed by atoms with E-state index in [1.807, 2.05) is 13.0 Å². The van der Waals surface area contributed by atoms with Crippen molar-refractivity contribution in [1.29, 1.82) is 5.26 Å². The average Bonchev–Trinajstić information content (AvgIpc) is 2.60. The van der Waals surface area contributed by atoms with Crippen LogP contribution in [0.25, 0.3) is 0 Å². The summed E-state index contributed by atoms with van der Waals surface area (Å²) >= 11 is 5.96. The number of aliphatic carboxylic acids is 1. The van der Waals surface area contributed by atoms with E-state index in [1.165, 1.54) is 24.3 Å². The maximum Gasteiger partial charge on any atom is 0.305 e. The van der Waals surface area contributed by atoms with Gasteiger partial charge in [-0.15, -0.1) is 0 Å². The lowest BCUT2D eigenvalue weighted by Gasteiger charge is -2.18. The SMILES string of the molecule is Cc1ccc(S(=O)(=O)OC[C@H](CC(=O)O)Nc2ccc(C#N)c(Cl)c2)cc1. The van der Waals surface area contributed by atoms with Crippen LogP contribution in [0.4, 0.5) is 5.69 Å². The number of anilines is 1. The van der Waals surface area contributed by atoms with Gasteiger partial charge in [0, 0.05) is 5.69 Å². The summed E-state index contributed by atoms with van der Waals surface area (Å²) in [4.78, 5) is 11.1. The molecule has 0 radical (unpaired) electrons.